The SMILES string of the molecule is NC(=O)c1cccc2c1CCCN2CC(O)c1ccccc1. The number of fused-ring (bicyclic) bond motifs is 1. The van der Waals surface area contributed by atoms with Gasteiger partial charge in [0.1, 0.15) is 0 Å². The minimum absolute atomic E-state index is 0.387. The van der Waals surface area contributed by atoms with Gasteiger partial charge in [-0.3, -0.25) is 4.79 Å². The topological polar surface area (TPSA) is 66.6 Å². The van der Waals surface area contributed by atoms with Crippen molar-refractivity contribution in [3.8, 4) is 0 Å². The lowest BCUT2D eigenvalue weighted by Gasteiger charge is -2.33. The number of anilines is 1. The monoisotopic (exact) mass is 296 g/mol. The van der Waals surface area contributed by atoms with E-state index in [-0.39, 0.29) is 5.91 Å². The van der Waals surface area contributed by atoms with Crippen LogP contribution < -0.4 is 10.6 Å². The van der Waals surface area contributed by atoms with Crippen LogP contribution in [-0.4, -0.2) is 24.1 Å². The highest BCUT2D eigenvalue weighted by Gasteiger charge is 2.23. The number of aliphatic hydroxyl groups excluding tert-OH is 1. The summed E-state index contributed by atoms with van der Waals surface area (Å²) >= 11 is 0. The van der Waals surface area contributed by atoms with Crippen molar-refractivity contribution in [1.82, 2.24) is 0 Å². The third-order valence-electron chi connectivity index (χ3n) is 4.19. The number of amides is 1. The van der Waals surface area contributed by atoms with Crippen molar-refractivity contribution in [3.63, 3.8) is 0 Å². The summed E-state index contributed by atoms with van der Waals surface area (Å²) in [6.07, 6.45) is 1.26. The molecule has 0 radical (unpaired) electrons. The molecule has 0 bridgehead atoms. The van der Waals surface area contributed by atoms with Crippen molar-refractivity contribution in [2.45, 2.75) is 18.9 Å². The van der Waals surface area contributed by atoms with E-state index in [2.05, 4.69) is 4.90 Å². The van der Waals surface area contributed by atoms with E-state index in [9.17, 15) is 9.90 Å². The number of β-amino-alcohol motifs (C(OH)–C–C–N with tert-alkyl or cyclic N) is 1. The number of hydrogen-bond acceptors (Lipinski definition) is 3. The largest absolute Gasteiger partial charge is 0.387 e. The van der Waals surface area contributed by atoms with Crippen LogP contribution in [0.25, 0.3) is 0 Å². The van der Waals surface area contributed by atoms with Crippen molar-refractivity contribution >= 4 is 11.6 Å². The fourth-order valence-electron chi connectivity index (χ4n) is 3.11. The second-order valence-corrected chi connectivity index (χ2v) is 5.64. The molecule has 2 aromatic carbocycles. The summed E-state index contributed by atoms with van der Waals surface area (Å²) in [6, 6.07) is 15.3. The highest BCUT2D eigenvalue weighted by atomic mass is 16.3. The lowest BCUT2D eigenvalue weighted by Crippen LogP contribution is -2.34. The normalized spacial score (nSPS) is 15.2. The van der Waals surface area contributed by atoms with Crippen LogP contribution in [0.1, 0.15) is 34.0 Å². The number of nitrogens with two attached hydrogens (primary N) is 1. The highest BCUT2D eigenvalue weighted by Crippen LogP contribution is 2.31. The second kappa shape index (κ2) is 6.20. The predicted octanol–water partition coefficient (Wildman–Crippen LogP) is 2.27. The Morgan fingerprint density at radius 2 is 1.95 bits per heavy atom. The van der Waals surface area contributed by atoms with Gasteiger partial charge in [0.05, 0.1) is 6.10 Å². The van der Waals surface area contributed by atoms with E-state index in [1.165, 1.54) is 0 Å². The smallest absolute Gasteiger partial charge is 0.249 e. The van der Waals surface area contributed by atoms with Gasteiger partial charge in [-0.25, -0.2) is 0 Å². The molecular formula is C18H20N2O2. The van der Waals surface area contributed by atoms with Crippen LogP contribution in [0.3, 0.4) is 0 Å². The number of carbonyl (C=O) groups excluding carboxylic acids is 1. The summed E-state index contributed by atoms with van der Waals surface area (Å²) in [4.78, 5) is 13.7. The summed E-state index contributed by atoms with van der Waals surface area (Å²) < 4.78 is 0. The van der Waals surface area contributed by atoms with E-state index in [0.717, 1.165) is 36.2 Å². The second-order valence-electron chi connectivity index (χ2n) is 5.64. The molecule has 0 saturated heterocycles. The van der Waals surface area contributed by atoms with Gasteiger partial charge < -0.3 is 15.7 Å². The Hall–Kier alpha value is -2.33. The summed E-state index contributed by atoms with van der Waals surface area (Å²) in [7, 11) is 0. The Bertz CT molecular complexity index is 670. The zero-order chi connectivity index (χ0) is 15.5. The van der Waals surface area contributed by atoms with Gasteiger partial charge in [-0.1, -0.05) is 36.4 Å². The molecule has 22 heavy (non-hydrogen) atoms. The molecule has 0 fully saturated rings. The Balaban J connectivity index is 1.86. The maximum atomic E-state index is 11.6. The van der Waals surface area contributed by atoms with Gasteiger partial charge in [0.15, 0.2) is 0 Å². The van der Waals surface area contributed by atoms with Crippen LogP contribution in [0.5, 0.6) is 0 Å². The molecule has 1 unspecified atom stereocenters. The van der Waals surface area contributed by atoms with E-state index in [4.69, 9.17) is 5.73 Å². The molecule has 1 amide bonds. The predicted molar refractivity (Wildman–Crippen MR) is 86.9 cm³/mol. The van der Waals surface area contributed by atoms with Crippen LogP contribution in [0.2, 0.25) is 0 Å². The number of hydrogen-bond donors (Lipinski definition) is 2. The van der Waals surface area contributed by atoms with Crippen LogP contribution in [0.4, 0.5) is 5.69 Å². The van der Waals surface area contributed by atoms with Crippen molar-refractivity contribution in [2.75, 3.05) is 18.0 Å². The van der Waals surface area contributed by atoms with Gasteiger partial charge in [-0.2, -0.15) is 0 Å². The van der Waals surface area contributed by atoms with Crippen molar-refractivity contribution in [3.05, 3.63) is 65.2 Å². The van der Waals surface area contributed by atoms with E-state index in [1.54, 1.807) is 6.07 Å². The molecular weight excluding hydrogens is 276 g/mol. The van der Waals surface area contributed by atoms with E-state index in [1.807, 2.05) is 42.5 Å². The fraction of sp³-hybridized carbons (Fsp3) is 0.278. The van der Waals surface area contributed by atoms with Gasteiger partial charge in [0.2, 0.25) is 5.91 Å². The molecule has 1 aliphatic rings. The van der Waals surface area contributed by atoms with Gasteiger partial charge in [-0.05, 0) is 36.1 Å². The quantitative estimate of drug-likeness (QED) is 0.909. The molecule has 0 spiro atoms. The number of nitrogens with zero attached hydrogens (tertiary/aromatic N) is 1. The van der Waals surface area contributed by atoms with Gasteiger partial charge in [0.25, 0.3) is 0 Å². The lowest BCUT2D eigenvalue weighted by molar-refractivity contribution is 0.0999. The molecule has 114 valence electrons. The summed E-state index contributed by atoms with van der Waals surface area (Å²) in [6.45, 7) is 1.39. The Morgan fingerprint density at radius 1 is 1.18 bits per heavy atom. The molecule has 4 heteroatoms. The molecule has 0 aromatic heterocycles. The lowest BCUT2D eigenvalue weighted by atomic mass is 9.95. The molecule has 0 aliphatic carbocycles. The first kappa shape index (κ1) is 14.6. The first-order chi connectivity index (χ1) is 10.7. The Kier molecular flexibility index (Phi) is 4.11. The first-order valence-corrected chi connectivity index (χ1v) is 7.56. The summed E-state index contributed by atoms with van der Waals surface area (Å²) in [5.74, 6) is -0.387. The van der Waals surface area contributed by atoms with Crippen molar-refractivity contribution in [2.24, 2.45) is 5.73 Å². The number of aliphatic hydroxyl groups is 1. The maximum Gasteiger partial charge on any atom is 0.249 e. The van der Waals surface area contributed by atoms with Crippen LogP contribution in [0.15, 0.2) is 48.5 Å². The van der Waals surface area contributed by atoms with E-state index in [0.29, 0.717) is 12.1 Å². The zero-order valence-corrected chi connectivity index (χ0v) is 12.4. The average Bonchev–Trinajstić information content (AvgIpc) is 2.55. The Morgan fingerprint density at radius 3 is 2.68 bits per heavy atom. The van der Waals surface area contributed by atoms with Crippen LogP contribution in [-0.2, 0) is 6.42 Å². The number of rotatable bonds is 4. The third-order valence-corrected chi connectivity index (χ3v) is 4.19. The van der Waals surface area contributed by atoms with Gasteiger partial charge >= 0.3 is 0 Å². The minimum Gasteiger partial charge on any atom is -0.387 e. The number of benzene rings is 2. The maximum absolute atomic E-state index is 11.6. The van der Waals surface area contributed by atoms with Gasteiger partial charge in [0, 0.05) is 24.3 Å². The molecule has 3 rings (SSSR count). The summed E-state index contributed by atoms with van der Waals surface area (Å²) in [5.41, 5.74) is 8.98. The highest BCUT2D eigenvalue weighted by molar-refractivity contribution is 5.96. The minimum atomic E-state index is -0.551. The van der Waals surface area contributed by atoms with Crippen LogP contribution in [0, 0.1) is 0 Å². The molecule has 3 N–H and O–H groups in total. The molecule has 1 atom stereocenters. The van der Waals surface area contributed by atoms with Crippen LogP contribution >= 0.6 is 0 Å². The zero-order valence-electron chi connectivity index (χ0n) is 12.4. The van der Waals surface area contributed by atoms with Crippen molar-refractivity contribution < 1.29 is 9.90 Å². The van der Waals surface area contributed by atoms with E-state index < -0.39 is 6.10 Å². The summed E-state index contributed by atoms with van der Waals surface area (Å²) in [5, 5.41) is 10.4. The third kappa shape index (κ3) is 2.83. The first-order valence-electron chi connectivity index (χ1n) is 7.56. The molecule has 0 saturated carbocycles. The molecule has 1 aliphatic heterocycles. The number of primary amides is 1. The molecule has 2 aromatic rings. The fourth-order valence-corrected chi connectivity index (χ4v) is 3.11. The molecule has 4 nitrogen and oxygen atoms in total. The Labute approximate surface area is 130 Å². The van der Waals surface area contributed by atoms with Gasteiger partial charge in [-0.15, -0.1) is 0 Å². The average molecular weight is 296 g/mol. The standard InChI is InChI=1S/C18H20N2O2/c19-18(22)15-8-4-10-16-14(15)9-5-11-20(16)12-17(21)13-6-2-1-3-7-13/h1-4,6-8,10,17,21H,5,9,11-12H2,(H2,19,22). The van der Waals surface area contributed by atoms with Crippen molar-refractivity contribution in [1.29, 1.82) is 0 Å². The number of carbonyl (C=O) groups is 1. The molecule has 1 heterocycles. The van der Waals surface area contributed by atoms with E-state index >= 15 is 0 Å².